The number of aromatic nitrogens is 1. The molecule has 18 heavy (non-hydrogen) atoms. The first kappa shape index (κ1) is 13.5. The Balaban J connectivity index is 1.85. The van der Waals surface area contributed by atoms with Crippen molar-refractivity contribution < 1.29 is 5.11 Å². The second-order valence-corrected chi connectivity index (χ2v) is 5.22. The fourth-order valence-corrected chi connectivity index (χ4v) is 2.92. The van der Waals surface area contributed by atoms with Crippen LogP contribution in [0.15, 0.2) is 24.4 Å². The summed E-state index contributed by atoms with van der Waals surface area (Å²) < 4.78 is 0. The summed E-state index contributed by atoms with van der Waals surface area (Å²) in [5.74, 6) is 0.731. The Kier molecular flexibility index (Phi) is 5.62. The third-order valence-electron chi connectivity index (χ3n) is 3.93. The molecule has 0 bridgehead atoms. The van der Waals surface area contributed by atoms with E-state index in [1.54, 1.807) is 0 Å². The second kappa shape index (κ2) is 7.49. The number of rotatable bonds is 6. The van der Waals surface area contributed by atoms with Gasteiger partial charge in [0.1, 0.15) is 0 Å². The van der Waals surface area contributed by atoms with E-state index in [9.17, 15) is 5.11 Å². The van der Waals surface area contributed by atoms with Crippen molar-refractivity contribution >= 4 is 0 Å². The van der Waals surface area contributed by atoms with E-state index in [1.165, 1.54) is 32.1 Å². The van der Waals surface area contributed by atoms with Gasteiger partial charge < -0.3 is 10.4 Å². The Morgan fingerprint density at radius 2 is 2.11 bits per heavy atom. The van der Waals surface area contributed by atoms with Crippen LogP contribution in [-0.4, -0.2) is 22.7 Å². The Morgan fingerprint density at radius 3 is 2.78 bits per heavy atom. The van der Waals surface area contributed by atoms with Crippen LogP contribution in [0, 0.1) is 5.92 Å². The lowest BCUT2D eigenvalue weighted by Gasteiger charge is -2.30. The molecular formula is C15H24N2O. The van der Waals surface area contributed by atoms with Crippen molar-refractivity contribution in [2.45, 2.75) is 51.1 Å². The van der Waals surface area contributed by atoms with Gasteiger partial charge in [-0.1, -0.05) is 25.3 Å². The molecule has 1 unspecified atom stereocenters. The van der Waals surface area contributed by atoms with Crippen LogP contribution in [0.25, 0.3) is 0 Å². The summed E-state index contributed by atoms with van der Waals surface area (Å²) >= 11 is 0. The Hall–Kier alpha value is -0.930. The van der Waals surface area contributed by atoms with Crippen LogP contribution in [0.3, 0.4) is 0 Å². The average Bonchev–Trinajstić information content (AvgIpc) is 2.45. The highest BCUT2D eigenvalue weighted by Crippen LogP contribution is 2.27. The van der Waals surface area contributed by atoms with Crippen molar-refractivity contribution in [2.24, 2.45) is 5.92 Å². The van der Waals surface area contributed by atoms with Gasteiger partial charge in [-0.3, -0.25) is 4.98 Å². The SMILES string of the molecule is OCCC(NCc1ccccn1)C1CCCCC1. The molecular weight excluding hydrogens is 224 g/mol. The molecule has 1 aromatic heterocycles. The van der Waals surface area contributed by atoms with Gasteiger partial charge in [-0.15, -0.1) is 0 Å². The lowest BCUT2D eigenvalue weighted by molar-refractivity contribution is 0.205. The predicted octanol–water partition coefficient (Wildman–Crippen LogP) is 2.50. The van der Waals surface area contributed by atoms with Crippen LogP contribution >= 0.6 is 0 Å². The van der Waals surface area contributed by atoms with Crippen molar-refractivity contribution in [1.82, 2.24) is 10.3 Å². The summed E-state index contributed by atoms with van der Waals surface area (Å²) in [5, 5.41) is 12.8. The number of hydrogen-bond donors (Lipinski definition) is 2. The summed E-state index contributed by atoms with van der Waals surface area (Å²) in [7, 11) is 0. The quantitative estimate of drug-likeness (QED) is 0.813. The fourth-order valence-electron chi connectivity index (χ4n) is 2.92. The number of aliphatic hydroxyl groups is 1. The highest BCUT2D eigenvalue weighted by Gasteiger charge is 2.22. The van der Waals surface area contributed by atoms with E-state index in [-0.39, 0.29) is 6.61 Å². The van der Waals surface area contributed by atoms with Gasteiger partial charge in [-0.05, 0) is 37.3 Å². The van der Waals surface area contributed by atoms with Crippen molar-refractivity contribution in [3.05, 3.63) is 30.1 Å². The van der Waals surface area contributed by atoms with E-state index in [4.69, 9.17) is 0 Å². The van der Waals surface area contributed by atoms with Gasteiger partial charge >= 0.3 is 0 Å². The Labute approximate surface area is 110 Å². The van der Waals surface area contributed by atoms with E-state index < -0.39 is 0 Å². The minimum atomic E-state index is 0.274. The molecule has 1 heterocycles. The van der Waals surface area contributed by atoms with Crippen LogP contribution < -0.4 is 5.32 Å². The van der Waals surface area contributed by atoms with E-state index in [2.05, 4.69) is 10.3 Å². The molecule has 3 heteroatoms. The summed E-state index contributed by atoms with van der Waals surface area (Å²) in [5.41, 5.74) is 1.08. The van der Waals surface area contributed by atoms with E-state index >= 15 is 0 Å². The van der Waals surface area contributed by atoms with Gasteiger partial charge in [-0.25, -0.2) is 0 Å². The summed E-state index contributed by atoms with van der Waals surface area (Å²) in [4.78, 5) is 4.33. The van der Waals surface area contributed by atoms with Crippen molar-refractivity contribution in [2.75, 3.05) is 6.61 Å². The maximum atomic E-state index is 9.21. The summed E-state index contributed by atoms with van der Waals surface area (Å²) in [6.45, 7) is 1.08. The van der Waals surface area contributed by atoms with E-state index in [0.717, 1.165) is 24.6 Å². The number of nitrogens with one attached hydrogen (secondary N) is 1. The third-order valence-corrected chi connectivity index (χ3v) is 3.93. The van der Waals surface area contributed by atoms with Crippen LogP contribution in [0.5, 0.6) is 0 Å². The molecule has 1 atom stereocenters. The predicted molar refractivity (Wildman–Crippen MR) is 73.1 cm³/mol. The molecule has 100 valence electrons. The van der Waals surface area contributed by atoms with Crippen molar-refractivity contribution in [3.8, 4) is 0 Å². The molecule has 2 rings (SSSR count). The smallest absolute Gasteiger partial charge is 0.0541 e. The monoisotopic (exact) mass is 248 g/mol. The van der Waals surface area contributed by atoms with Gasteiger partial charge in [0.05, 0.1) is 5.69 Å². The second-order valence-electron chi connectivity index (χ2n) is 5.22. The summed E-state index contributed by atoms with van der Waals surface area (Å²) in [6.07, 6.45) is 9.37. The maximum absolute atomic E-state index is 9.21. The molecule has 0 spiro atoms. The van der Waals surface area contributed by atoms with Crippen LogP contribution in [0.1, 0.15) is 44.2 Å². The zero-order valence-electron chi connectivity index (χ0n) is 11.0. The lowest BCUT2D eigenvalue weighted by Crippen LogP contribution is -2.37. The molecule has 0 amide bonds. The number of hydrogen-bond acceptors (Lipinski definition) is 3. The van der Waals surface area contributed by atoms with Gasteiger partial charge in [-0.2, -0.15) is 0 Å². The molecule has 3 nitrogen and oxygen atoms in total. The summed E-state index contributed by atoms with van der Waals surface area (Å²) in [6, 6.07) is 6.45. The molecule has 0 aromatic carbocycles. The van der Waals surface area contributed by atoms with Gasteiger partial charge in [0.2, 0.25) is 0 Å². The van der Waals surface area contributed by atoms with E-state index in [1.807, 2.05) is 24.4 Å². The van der Waals surface area contributed by atoms with Crippen LogP contribution in [0.2, 0.25) is 0 Å². The highest BCUT2D eigenvalue weighted by molar-refractivity contribution is 5.03. The largest absolute Gasteiger partial charge is 0.396 e. The number of nitrogens with zero attached hydrogens (tertiary/aromatic N) is 1. The first-order chi connectivity index (χ1) is 8.90. The fraction of sp³-hybridized carbons (Fsp3) is 0.667. The molecule has 2 N–H and O–H groups in total. The molecule has 1 fully saturated rings. The average molecular weight is 248 g/mol. The highest BCUT2D eigenvalue weighted by atomic mass is 16.3. The minimum Gasteiger partial charge on any atom is -0.396 e. The third kappa shape index (κ3) is 4.07. The van der Waals surface area contributed by atoms with Gasteiger partial charge in [0, 0.05) is 25.4 Å². The molecule has 0 saturated heterocycles. The minimum absolute atomic E-state index is 0.274. The molecule has 1 aromatic rings. The zero-order chi connectivity index (χ0) is 12.6. The first-order valence-electron chi connectivity index (χ1n) is 7.14. The molecule has 1 saturated carbocycles. The number of pyridine rings is 1. The van der Waals surface area contributed by atoms with Crippen molar-refractivity contribution in [3.63, 3.8) is 0 Å². The Bertz CT molecular complexity index is 323. The zero-order valence-corrected chi connectivity index (χ0v) is 11.0. The molecule has 0 aliphatic heterocycles. The van der Waals surface area contributed by atoms with Crippen LogP contribution in [-0.2, 0) is 6.54 Å². The molecule has 0 radical (unpaired) electrons. The van der Waals surface area contributed by atoms with Gasteiger partial charge in [0.25, 0.3) is 0 Å². The van der Waals surface area contributed by atoms with E-state index in [0.29, 0.717) is 6.04 Å². The normalized spacial score (nSPS) is 18.7. The Morgan fingerprint density at radius 1 is 1.28 bits per heavy atom. The molecule has 1 aliphatic carbocycles. The maximum Gasteiger partial charge on any atom is 0.0541 e. The topological polar surface area (TPSA) is 45.1 Å². The van der Waals surface area contributed by atoms with Gasteiger partial charge in [0.15, 0.2) is 0 Å². The lowest BCUT2D eigenvalue weighted by atomic mass is 9.82. The van der Waals surface area contributed by atoms with Crippen LogP contribution in [0.4, 0.5) is 0 Å². The van der Waals surface area contributed by atoms with Crippen molar-refractivity contribution in [1.29, 1.82) is 0 Å². The molecule has 1 aliphatic rings. The standard InChI is InChI=1S/C15H24N2O/c18-11-9-15(13-6-2-1-3-7-13)17-12-14-8-4-5-10-16-14/h4-5,8,10,13,15,17-18H,1-3,6-7,9,11-12H2. The first-order valence-corrected chi connectivity index (χ1v) is 7.14. The number of aliphatic hydroxyl groups excluding tert-OH is 1.